The Kier molecular flexibility index (Phi) is 5.33. The molecule has 1 unspecified atom stereocenters. The highest BCUT2D eigenvalue weighted by atomic mass is 16.1. The summed E-state index contributed by atoms with van der Waals surface area (Å²) >= 11 is 0. The summed E-state index contributed by atoms with van der Waals surface area (Å²) in [4.78, 5) is 30.8. The van der Waals surface area contributed by atoms with Crippen molar-refractivity contribution in [2.24, 2.45) is 5.92 Å². The van der Waals surface area contributed by atoms with Crippen molar-refractivity contribution in [3.05, 3.63) is 34.9 Å². The summed E-state index contributed by atoms with van der Waals surface area (Å²) in [5, 5.41) is 3.15. The first-order chi connectivity index (χ1) is 11.7. The van der Waals surface area contributed by atoms with Crippen molar-refractivity contribution < 1.29 is 4.79 Å². The predicted molar refractivity (Wildman–Crippen MR) is 94.0 cm³/mol. The van der Waals surface area contributed by atoms with Crippen LogP contribution in [0.3, 0.4) is 0 Å². The van der Waals surface area contributed by atoms with Gasteiger partial charge in [0, 0.05) is 44.5 Å². The minimum Gasteiger partial charge on any atom is -0.353 e. The van der Waals surface area contributed by atoms with Gasteiger partial charge in [0.2, 0.25) is 5.91 Å². The smallest absolute Gasteiger partial charge is 0.293 e. The molecule has 0 aromatic carbocycles. The van der Waals surface area contributed by atoms with Crippen molar-refractivity contribution in [1.29, 1.82) is 0 Å². The predicted octanol–water partition coefficient (Wildman–Crippen LogP) is 1.70. The fourth-order valence-electron chi connectivity index (χ4n) is 3.53. The third-order valence-electron chi connectivity index (χ3n) is 4.96. The van der Waals surface area contributed by atoms with Crippen molar-refractivity contribution in [3.63, 3.8) is 0 Å². The number of carbonyl (C=O) groups is 1. The van der Waals surface area contributed by atoms with Crippen molar-refractivity contribution >= 4 is 11.7 Å². The third kappa shape index (κ3) is 3.86. The number of anilines is 1. The molecule has 24 heavy (non-hydrogen) atoms. The molecule has 1 aliphatic carbocycles. The molecule has 0 spiro atoms. The number of piperidine rings is 1. The first-order valence-corrected chi connectivity index (χ1v) is 8.93. The molecular weight excluding hydrogens is 304 g/mol. The molecule has 1 atom stereocenters. The van der Waals surface area contributed by atoms with Crippen LogP contribution >= 0.6 is 0 Å². The van der Waals surface area contributed by atoms with Gasteiger partial charge in [-0.1, -0.05) is 12.2 Å². The van der Waals surface area contributed by atoms with E-state index in [0.29, 0.717) is 24.7 Å². The number of hydrogen-bond acceptors (Lipinski definition) is 4. The van der Waals surface area contributed by atoms with Crippen LogP contribution in [-0.2, 0) is 11.3 Å². The molecule has 6 heteroatoms. The second kappa shape index (κ2) is 7.64. The van der Waals surface area contributed by atoms with Crippen LogP contribution in [0.4, 0.5) is 5.82 Å². The number of allylic oxidation sites excluding steroid dienone is 2. The number of carbonyl (C=O) groups excluding carboxylic acids is 1. The van der Waals surface area contributed by atoms with Gasteiger partial charge in [-0.05, 0) is 38.5 Å². The molecule has 1 fully saturated rings. The Hall–Kier alpha value is -2.11. The van der Waals surface area contributed by atoms with Crippen LogP contribution in [0.5, 0.6) is 0 Å². The average Bonchev–Trinajstić information content (AvgIpc) is 3.09. The Morgan fingerprint density at radius 3 is 2.79 bits per heavy atom. The molecule has 1 aromatic heterocycles. The van der Waals surface area contributed by atoms with E-state index in [2.05, 4.69) is 22.5 Å². The molecule has 6 nitrogen and oxygen atoms in total. The van der Waals surface area contributed by atoms with Gasteiger partial charge in [-0.25, -0.2) is 4.98 Å². The van der Waals surface area contributed by atoms with Gasteiger partial charge in [-0.15, -0.1) is 0 Å². The Labute approximate surface area is 142 Å². The largest absolute Gasteiger partial charge is 0.353 e. The summed E-state index contributed by atoms with van der Waals surface area (Å²) < 4.78 is 1.67. The van der Waals surface area contributed by atoms with E-state index in [1.807, 2.05) is 11.8 Å². The minimum absolute atomic E-state index is 0.0319. The van der Waals surface area contributed by atoms with Gasteiger partial charge in [0.25, 0.3) is 5.56 Å². The molecule has 2 heterocycles. The van der Waals surface area contributed by atoms with Crippen molar-refractivity contribution in [1.82, 2.24) is 14.9 Å². The molecule has 1 aliphatic heterocycles. The number of rotatable bonds is 5. The summed E-state index contributed by atoms with van der Waals surface area (Å²) in [7, 11) is 0. The second-order valence-electron chi connectivity index (χ2n) is 6.64. The maximum absolute atomic E-state index is 12.3. The fourth-order valence-corrected chi connectivity index (χ4v) is 3.53. The first kappa shape index (κ1) is 16.7. The van der Waals surface area contributed by atoms with Crippen LogP contribution < -0.4 is 15.8 Å². The topological polar surface area (TPSA) is 67.2 Å². The quantitative estimate of drug-likeness (QED) is 0.835. The van der Waals surface area contributed by atoms with Gasteiger partial charge in [-0.2, -0.15) is 0 Å². The summed E-state index contributed by atoms with van der Waals surface area (Å²) in [6, 6.07) is 0.205. The lowest BCUT2D eigenvalue weighted by Crippen LogP contribution is -2.46. The minimum atomic E-state index is -0.0319. The summed E-state index contributed by atoms with van der Waals surface area (Å²) in [6.45, 7) is 4.11. The Morgan fingerprint density at radius 1 is 1.33 bits per heavy atom. The molecule has 1 N–H and O–H groups in total. The van der Waals surface area contributed by atoms with Crippen LogP contribution in [0.15, 0.2) is 29.3 Å². The van der Waals surface area contributed by atoms with Crippen LogP contribution in [0, 0.1) is 5.92 Å². The van der Waals surface area contributed by atoms with E-state index in [4.69, 9.17) is 0 Å². The molecule has 1 amide bonds. The lowest BCUT2D eigenvalue weighted by atomic mass is 10.0. The van der Waals surface area contributed by atoms with E-state index in [1.54, 1.807) is 17.0 Å². The number of amides is 1. The molecule has 0 radical (unpaired) electrons. The highest BCUT2D eigenvalue weighted by Crippen LogP contribution is 2.21. The van der Waals surface area contributed by atoms with Gasteiger partial charge < -0.3 is 14.8 Å². The highest BCUT2D eigenvalue weighted by molar-refractivity contribution is 5.76. The lowest BCUT2D eigenvalue weighted by molar-refractivity contribution is -0.122. The molecule has 1 saturated heterocycles. The first-order valence-electron chi connectivity index (χ1n) is 8.93. The molecule has 0 saturated carbocycles. The standard InChI is InChI=1S/C18H26N4O2/c1-2-21-12-9-19-17(18(21)24)22-10-7-15(8-11-22)20-16(23)13-14-5-3-4-6-14/h3,5,9,12,14-15H,2,4,6-8,10-11,13H2,1H3,(H,20,23). The monoisotopic (exact) mass is 330 g/mol. The summed E-state index contributed by atoms with van der Waals surface area (Å²) in [5.41, 5.74) is -0.0319. The van der Waals surface area contributed by atoms with Crippen LogP contribution in [0.1, 0.15) is 39.0 Å². The SMILES string of the molecule is CCn1ccnc(N2CCC(NC(=O)CC3C=CCC3)CC2)c1=O. The molecule has 0 bridgehead atoms. The Bertz CT molecular complexity index is 659. The number of hydrogen-bond donors (Lipinski definition) is 1. The number of nitrogens with zero attached hydrogens (tertiary/aromatic N) is 3. The van der Waals surface area contributed by atoms with Gasteiger partial charge in [0.15, 0.2) is 5.82 Å². The zero-order valence-corrected chi connectivity index (χ0v) is 14.3. The Morgan fingerprint density at radius 2 is 2.12 bits per heavy atom. The van der Waals surface area contributed by atoms with Crippen molar-refractivity contribution in [3.8, 4) is 0 Å². The van der Waals surface area contributed by atoms with E-state index in [9.17, 15) is 9.59 Å². The summed E-state index contributed by atoms with van der Waals surface area (Å²) in [5.74, 6) is 1.09. The molecule has 1 aromatic rings. The van der Waals surface area contributed by atoms with Crippen molar-refractivity contribution in [2.45, 2.75) is 51.6 Å². The van der Waals surface area contributed by atoms with E-state index in [0.717, 1.165) is 38.8 Å². The van der Waals surface area contributed by atoms with E-state index in [1.165, 1.54) is 0 Å². The zero-order valence-electron chi connectivity index (χ0n) is 14.3. The molecule has 3 rings (SSSR count). The summed E-state index contributed by atoms with van der Waals surface area (Å²) in [6.07, 6.45) is 12.2. The van der Waals surface area contributed by atoms with E-state index < -0.39 is 0 Å². The Balaban J connectivity index is 1.51. The number of aromatic nitrogens is 2. The van der Waals surface area contributed by atoms with Crippen LogP contribution in [0.25, 0.3) is 0 Å². The van der Waals surface area contributed by atoms with E-state index in [-0.39, 0.29) is 17.5 Å². The van der Waals surface area contributed by atoms with Crippen LogP contribution in [0.2, 0.25) is 0 Å². The van der Waals surface area contributed by atoms with Gasteiger partial charge in [0.1, 0.15) is 0 Å². The molecular formula is C18H26N4O2. The second-order valence-corrected chi connectivity index (χ2v) is 6.64. The normalized spacial score (nSPS) is 21.2. The van der Waals surface area contributed by atoms with Crippen LogP contribution in [-0.4, -0.2) is 34.6 Å². The van der Waals surface area contributed by atoms with Gasteiger partial charge in [-0.3, -0.25) is 9.59 Å². The maximum atomic E-state index is 12.3. The third-order valence-corrected chi connectivity index (χ3v) is 4.96. The van der Waals surface area contributed by atoms with Gasteiger partial charge in [0.05, 0.1) is 0 Å². The molecule has 130 valence electrons. The molecule has 2 aliphatic rings. The average molecular weight is 330 g/mol. The highest BCUT2D eigenvalue weighted by Gasteiger charge is 2.24. The lowest BCUT2D eigenvalue weighted by Gasteiger charge is -2.33. The number of nitrogens with one attached hydrogen (secondary N) is 1. The van der Waals surface area contributed by atoms with E-state index >= 15 is 0 Å². The maximum Gasteiger partial charge on any atom is 0.293 e. The van der Waals surface area contributed by atoms with Gasteiger partial charge >= 0.3 is 0 Å². The number of aryl methyl sites for hydroxylation is 1. The van der Waals surface area contributed by atoms with Crippen molar-refractivity contribution in [2.75, 3.05) is 18.0 Å². The zero-order chi connectivity index (χ0) is 16.9. The fraction of sp³-hybridized carbons (Fsp3) is 0.611.